The van der Waals surface area contributed by atoms with Gasteiger partial charge >= 0.3 is 0 Å². The van der Waals surface area contributed by atoms with Crippen molar-refractivity contribution < 1.29 is 0 Å². The van der Waals surface area contributed by atoms with Gasteiger partial charge in [-0.1, -0.05) is 0 Å². The van der Waals surface area contributed by atoms with Crippen molar-refractivity contribution in [3.8, 4) is 30.3 Å². The molecule has 0 aliphatic heterocycles. The summed E-state index contributed by atoms with van der Waals surface area (Å²) in [6.07, 6.45) is 0. The molecule has 0 atom stereocenters. The van der Waals surface area contributed by atoms with Crippen molar-refractivity contribution in [2.45, 2.75) is 5.92 Å². The van der Waals surface area contributed by atoms with Gasteiger partial charge in [-0.15, -0.1) is 11.3 Å². The van der Waals surface area contributed by atoms with Gasteiger partial charge in [-0.2, -0.15) is 26.3 Å². The standard InChI is InChI=1S/C12HN7S/c13-1-6(2-14)11-18-8(4-16)10-7(3-15)9(5-17)20-12(10)19-11/h6H. The van der Waals surface area contributed by atoms with E-state index in [0.29, 0.717) is 0 Å². The van der Waals surface area contributed by atoms with Crippen LogP contribution in [0.25, 0.3) is 10.2 Å². The van der Waals surface area contributed by atoms with Crippen LogP contribution in [-0.4, -0.2) is 9.97 Å². The lowest BCUT2D eigenvalue weighted by Gasteiger charge is -2.00. The van der Waals surface area contributed by atoms with Crippen LogP contribution in [-0.2, 0) is 0 Å². The average molecular weight is 275 g/mol. The molecule has 0 saturated heterocycles. The molecule has 20 heavy (non-hydrogen) atoms. The Morgan fingerprint density at radius 2 is 1.60 bits per heavy atom. The summed E-state index contributed by atoms with van der Waals surface area (Å²) < 4.78 is 0. The van der Waals surface area contributed by atoms with Crippen LogP contribution in [0.2, 0.25) is 0 Å². The molecule has 0 radical (unpaired) electrons. The molecule has 2 aromatic heterocycles. The molecule has 90 valence electrons. The first-order chi connectivity index (χ1) is 9.69. The Morgan fingerprint density at radius 3 is 2.10 bits per heavy atom. The molecule has 0 amide bonds. The number of hydrogen-bond donors (Lipinski definition) is 0. The molecule has 7 nitrogen and oxygen atoms in total. The van der Waals surface area contributed by atoms with Crippen molar-refractivity contribution in [1.82, 2.24) is 9.97 Å². The van der Waals surface area contributed by atoms with E-state index in [1.807, 2.05) is 12.1 Å². The number of rotatable bonds is 1. The molecule has 0 fully saturated rings. The van der Waals surface area contributed by atoms with Crippen LogP contribution in [0.1, 0.15) is 27.9 Å². The van der Waals surface area contributed by atoms with Gasteiger partial charge < -0.3 is 0 Å². The number of aromatic nitrogens is 2. The fraction of sp³-hybridized carbons (Fsp3) is 0.0833. The summed E-state index contributed by atoms with van der Waals surface area (Å²) in [6.45, 7) is 0. The van der Waals surface area contributed by atoms with Gasteiger partial charge in [0.1, 0.15) is 27.9 Å². The molecule has 0 spiro atoms. The van der Waals surface area contributed by atoms with E-state index in [0.717, 1.165) is 11.3 Å². The van der Waals surface area contributed by atoms with Gasteiger partial charge in [0, 0.05) is 0 Å². The summed E-state index contributed by atoms with van der Waals surface area (Å²) in [4.78, 5) is 8.23. The largest absolute Gasteiger partial charge is 0.219 e. The Kier molecular flexibility index (Phi) is 3.24. The quantitative estimate of drug-likeness (QED) is 0.765. The predicted molar refractivity (Wildman–Crippen MR) is 65.5 cm³/mol. The smallest absolute Gasteiger partial charge is 0.192 e. The highest BCUT2D eigenvalue weighted by atomic mass is 32.1. The highest BCUT2D eigenvalue weighted by Gasteiger charge is 2.22. The van der Waals surface area contributed by atoms with Gasteiger partial charge in [0.25, 0.3) is 0 Å². The fourth-order valence-corrected chi connectivity index (χ4v) is 2.49. The SMILES string of the molecule is N#Cc1sc2nc(C(C#N)C#N)nc(C#N)c2c1C#N. The van der Waals surface area contributed by atoms with E-state index in [2.05, 4.69) is 9.97 Å². The summed E-state index contributed by atoms with van der Waals surface area (Å²) in [5, 5.41) is 45.0. The molecule has 0 unspecified atom stereocenters. The van der Waals surface area contributed by atoms with Gasteiger partial charge in [0.15, 0.2) is 17.4 Å². The van der Waals surface area contributed by atoms with Crippen LogP contribution in [0, 0.1) is 56.7 Å². The van der Waals surface area contributed by atoms with Crippen molar-refractivity contribution in [1.29, 1.82) is 26.3 Å². The summed E-state index contributed by atoms with van der Waals surface area (Å²) in [5.74, 6) is -1.31. The summed E-state index contributed by atoms with van der Waals surface area (Å²) in [6, 6.07) is 8.93. The maximum atomic E-state index is 9.10. The molecule has 0 aliphatic rings. The second-order valence-corrected chi connectivity index (χ2v) is 4.44. The van der Waals surface area contributed by atoms with Crippen molar-refractivity contribution in [3.63, 3.8) is 0 Å². The highest BCUT2D eigenvalue weighted by Crippen LogP contribution is 2.31. The van der Waals surface area contributed by atoms with Crippen LogP contribution in [0.15, 0.2) is 0 Å². The van der Waals surface area contributed by atoms with Crippen LogP contribution in [0.3, 0.4) is 0 Å². The summed E-state index contributed by atoms with van der Waals surface area (Å²) >= 11 is 0.926. The molecular formula is C12HN7S. The number of nitrogens with zero attached hydrogens (tertiary/aromatic N) is 7. The van der Waals surface area contributed by atoms with Crippen LogP contribution >= 0.6 is 11.3 Å². The fourth-order valence-electron chi connectivity index (χ4n) is 1.56. The minimum atomic E-state index is -1.20. The second kappa shape index (κ2) is 5.01. The molecule has 0 aromatic carbocycles. The maximum absolute atomic E-state index is 9.10. The van der Waals surface area contributed by atoms with E-state index in [1.54, 1.807) is 18.2 Å². The molecule has 0 bridgehead atoms. The van der Waals surface area contributed by atoms with Crippen molar-refractivity contribution >= 4 is 21.6 Å². The number of nitriles is 5. The number of fused-ring (bicyclic) bond motifs is 1. The third-order valence-corrected chi connectivity index (χ3v) is 3.39. The normalized spacial score (nSPS) is 9.20. The van der Waals surface area contributed by atoms with E-state index in [9.17, 15) is 0 Å². The topological polar surface area (TPSA) is 145 Å². The van der Waals surface area contributed by atoms with E-state index in [1.165, 1.54) is 0 Å². The summed E-state index contributed by atoms with van der Waals surface area (Å²) in [5.41, 5.74) is -0.0733. The average Bonchev–Trinajstić information content (AvgIpc) is 2.85. The van der Waals surface area contributed by atoms with E-state index in [4.69, 9.17) is 26.3 Å². The zero-order valence-corrected chi connectivity index (χ0v) is 10.4. The van der Waals surface area contributed by atoms with Crippen LogP contribution in [0.4, 0.5) is 0 Å². The first-order valence-corrected chi connectivity index (χ1v) is 5.85. The van der Waals surface area contributed by atoms with Crippen molar-refractivity contribution in [3.05, 3.63) is 22.0 Å². The van der Waals surface area contributed by atoms with E-state index in [-0.39, 0.29) is 32.2 Å². The molecule has 2 heterocycles. The molecule has 2 aromatic rings. The zero-order valence-electron chi connectivity index (χ0n) is 9.62. The number of thiophene rings is 1. The van der Waals surface area contributed by atoms with Crippen LogP contribution < -0.4 is 0 Å². The molecule has 0 N–H and O–H groups in total. The van der Waals surface area contributed by atoms with Gasteiger partial charge in [0.05, 0.1) is 23.1 Å². The Bertz CT molecular complexity index is 907. The van der Waals surface area contributed by atoms with Crippen molar-refractivity contribution in [2.24, 2.45) is 0 Å². The van der Waals surface area contributed by atoms with Gasteiger partial charge in [-0.3, -0.25) is 0 Å². The molecule has 0 saturated carbocycles. The maximum Gasteiger partial charge on any atom is 0.192 e. The molecular weight excluding hydrogens is 274 g/mol. The molecule has 2 rings (SSSR count). The summed E-state index contributed by atoms with van der Waals surface area (Å²) in [7, 11) is 0. The lowest BCUT2D eigenvalue weighted by molar-refractivity contribution is 0.940. The van der Waals surface area contributed by atoms with E-state index < -0.39 is 5.92 Å². The second-order valence-electron chi connectivity index (χ2n) is 3.44. The zero-order chi connectivity index (χ0) is 14.7. The molecule has 8 heteroatoms. The monoisotopic (exact) mass is 275 g/mol. The van der Waals surface area contributed by atoms with E-state index >= 15 is 0 Å². The van der Waals surface area contributed by atoms with Gasteiger partial charge in [-0.05, 0) is 0 Å². The minimum Gasteiger partial charge on any atom is -0.219 e. The minimum absolute atomic E-state index is 0.0427. The van der Waals surface area contributed by atoms with Crippen LogP contribution in [0.5, 0.6) is 0 Å². The first kappa shape index (κ1) is 12.9. The Balaban J connectivity index is 2.91. The van der Waals surface area contributed by atoms with Gasteiger partial charge in [-0.25, -0.2) is 9.97 Å². The van der Waals surface area contributed by atoms with Gasteiger partial charge in [0.2, 0.25) is 0 Å². The lowest BCUT2D eigenvalue weighted by atomic mass is 10.1. The lowest BCUT2D eigenvalue weighted by Crippen LogP contribution is -2.02. The Morgan fingerprint density at radius 1 is 0.900 bits per heavy atom. The Labute approximate surface area is 116 Å². The number of hydrogen-bond acceptors (Lipinski definition) is 8. The third kappa shape index (κ3) is 1.78. The molecule has 0 aliphatic carbocycles. The third-order valence-electron chi connectivity index (χ3n) is 2.40. The predicted octanol–water partition coefficient (Wildman–Crippen LogP) is 1.44. The Hall–Kier alpha value is -3.51. The highest BCUT2D eigenvalue weighted by molar-refractivity contribution is 7.19. The van der Waals surface area contributed by atoms with Crippen molar-refractivity contribution in [2.75, 3.05) is 0 Å². The first-order valence-electron chi connectivity index (χ1n) is 5.04.